The molecule has 0 aliphatic carbocycles. The lowest BCUT2D eigenvalue weighted by molar-refractivity contribution is 0.289. The summed E-state index contributed by atoms with van der Waals surface area (Å²) in [6.07, 6.45) is 2.93. The summed E-state index contributed by atoms with van der Waals surface area (Å²) in [4.78, 5) is 12.6. The van der Waals surface area contributed by atoms with Gasteiger partial charge in [-0.2, -0.15) is 0 Å². The van der Waals surface area contributed by atoms with Gasteiger partial charge in [0.05, 0.1) is 23.3 Å². The van der Waals surface area contributed by atoms with E-state index in [1.807, 2.05) is 79.0 Å². The van der Waals surface area contributed by atoms with Gasteiger partial charge in [0.25, 0.3) is 0 Å². The van der Waals surface area contributed by atoms with Crippen molar-refractivity contribution in [2.45, 2.75) is 20.3 Å². The fourth-order valence-corrected chi connectivity index (χ4v) is 3.01. The first-order valence-corrected chi connectivity index (χ1v) is 9.99. The molecule has 146 valence electrons. The second-order valence-electron chi connectivity index (χ2n) is 7.51. The van der Waals surface area contributed by atoms with E-state index in [9.17, 15) is 0 Å². The van der Waals surface area contributed by atoms with E-state index in [1.165, 1.54) is 0 Å². The number of imidazole rings is 1. The highest BCUT2D eigenvalue weighted by Gasteiger charge is 2.04. The highest BCUT2D eigenvalue weighted by Crippen LogP contribution is 2.23. The van der Waals surface area contributed by atoms with Gasteiger partial charge >= 0.3 is 0 Å². The fraction of sp³-hybridized carbons (Fsp3) is 0.200. The molecule has 0 fully saturated rings. The lowest BCUT2D eigenvalue weighted by Crippen LogP contribution is -2.01. The Morgan fingerprint density at radius 3 is 2.45 bits per heavy atom. The molecule has 0 amide bonds. The summed E-state index contributed by atoms with van der Waals surface area (Å²) in [7, 11) is 0. The van der Waals surface area contributed by atoms with Crippen LogP contribution in [0.5, 0.6) is 5.75 Å². The van der Waals surface area contributed by atoms with E-state index < -0.39 is 0 Å². The number of ether oxygens (including phenoxy) is 1. The molecule has 0 aliphatic rings. The predicted octanol–water partition coefficient (Wildman–Crippen LogP) is 6.41. The molecule has 0 unspecified atom stereocenters. The van der Waals surface area contributed by atoms with E-state index in [2.05, 4.69) is 28.8 Å². The predicted molar refractivity (Wildman–Crippen MR) is 120 cm³/mol. The Bertz CT molecular complexity index is 1060. The summed E-state index contributed by atoms with van der Waals surface area (Å²) >= 11 is 0. The average Bonchev–Trinajstić information content (AvgIpc) is 3.18. The van der Waals surface area contributed by atoms with Gasteiger partial charge in [0.2, 0.25) is 0 Å². The van der Waals surface area contributed by atoms with E-state index in [4.69, 9.17) is 4.74 Å². The molecule has 4 aromatic rings. The van der Waals surface area contributed by atoms with Crippen LogP contribution in [0.15, 0.2) is 77.8 Å². The van der Waals surface area contributed by atoms with Crippen molar-refractivity contribution in [3.05, 3.63) is 78.4 Å². The Kier molecular flexibility index (Phi) is 5.71. The topological polar surface area (TPSA) is 50.3 Å². The van der Waals surface area contributed by atoms with Gasteiger partial charge < -0.3 is 9.72 Å². The number of benzene rings is 3. The maximum absolute atomic E-state index is 5.76. The van der Waals surface area contributed by atoms with Crippen molar-refractivity contribution in [2.24, 2.45) is 10.9 Å². The number of hydrogen-bond acceptors (Lipinski definition) is 3. The maximum Gasteiger partial charge on any atom is 0.138 e. The first kappa shape index (κ1) is 18.9. The molecule has 0 atom stereocenters. The van der Waals surface area contributed by atoms with E-state index >= 15 is 0 Å². The van der Waals surface area contributed by atoms with Crippen LogP contribution in [0, 0.1) is 5.92 Å². The quantitative estimate of drug-likeness (QED) is 0.375. The molecule has 4 nitrogen and oxygen atoms in total. The molecule has 4 rings (SSSR count). The van der Waals surface area contributed by atoms with Crippen LogP contribution >= 0.6 is 0 Å². The van der Waals surface area contributed by atoms with Crippen molar-refractivity contribution in [1.82, 2.24) is 9.97 Å². The molecular weight excluding hydrogens is 358 g/mol. The molecule has 4 heteroatoms. The molecule has 1 heterocycles. The largest absolute Gasteiger partial charge is 0.494 e. The smallest absolute Gasteiger partial charge is 0.138 e. The highest BCUT2D eigenvalue weighted by atomic mass is 16.5. The molecule has 0 saturated carbocycles. The number of nitrogens with zero attached hydrogens (tertiary/aromatic N) is 2. The minimum atomic E-state index is 0.652. The zero-order chi connectivity index (χ0) is 20.1. The van der Waals surface area contributed by atoms with Gasteiger partial charge in [0, 0.05) is 11.8 Å². The van der Waals surface area contributed by atoms with E-state index in [0.29, 0.717) is 5.92 Å². The first-order valence-electron chi connectivity index (χ1n) is 9.99. The maximum atomic E-state index is 5.76. The zero-order valence-electron chi connectivity index (χ0n) is 16.8. The minimum Gasteiger partial charge on any atom is -0.494 e. The Morgan fingerprint density at radius 1 is 0.966 bits per heavy atom. The standard InChI is InChI=1S/C25H25N3O/c1-18(2)15-16-29-22-13-7-19(8-14-22)17-26-21-11-9-20(10-12-21)25-27-23-5-3-4-6-24(23)28-25/h3-14,17-18H,15-16H2,1-2H3,(H,27,28). The molecule has 0 radical (unpaired) electrons. The van der Waals surface area contributed by atoms with Crippen LogP contribution in [0.2, 0.25) is 0 Å². The van der Waals surface area contributed by atoms with Gasteiger partial charge in [-0.15, -0.1) is 0 Å². The van der Waals surface area contributed by atoms with Crippen molar-refractivity contribution < 1.29 is 4.74 Å². The molecule has 29 heavy (non-hydrogen) atoms. The second-order valence-corrected chi connectivity index (χ2v) is 7.51. The van der Waals surface area contributed by atoms with Crippen LogP contribution in [-0.2, 0) is 0 Å². The van der Waals surface area contributed by atoms with Crippen molar-refractivity contribution in [1.29, 1.82) is 0 Å². The Labute approximate surface area is 171 Å². The molecule has 3 aromatic carbocycles. The Balaban J connectivity index is 1.40. The number of para-hydroxylation sites is 2. The third kappa shape index (κ3) is 4.91. The van der Waals surface area contributed by atoms with Gasteiger partial charge in [0.1, 0.15) is 11.6 Å². The number of aliphatic imine (C=N–C) groups is 1. The van der Waals surface area contributed by atoms with Crippen LogP contribution < -0.4 is 4.74 Å². The molecular formula is C25H25N3O. The van der Waals surface area contributed by atoms with Crippen molar-refractivity contribution in [2.75, 3.05) is 6.61 Å². The van der Waals surface area contributed by atoms with Crippen LogP contribution in [0.25, 0.3) is 22.4 Å². The van der Waals surface area contributed by atoms with Crippen molar-refractivity contribution >= 4 is 22.9 Å². The van der Waals surface area contributed by atoms with Crippen molar-refractivity contribution in [3.63, 3.8) is 0 Å². The summed E-state index contributed by atoms with van der Waals surface area (Å²) in [6.45, 7) is 5.15. The molecule has 0 aliphatic heterocycles. The second kappa shape index (κ2) is 8.74. The number of nitrogens with one attached hydrogen (secondary N) is 1. The molecule has 0 spiro atoms. The summed E-state index contributed by atoms with van der Waals surface area (Å²) in [5.74, 6) is 2.42. The molecule has 0 saturated heterocycles. The van der Waals surface area contributed by atoms with Gasteiger partial charge in [0.15, 0.2) is 0 Å². The number of H-pyrrole nitrogens is 1. The Morgan fingerprint density at radius 2 is 1.72 bits per heavy atom. The average molecular weight is 383 g/mol. The SMILES string of the molecule is CC(C)CCOc1ccc(C=Nc2ccc(-c3nc4ccccc4[nH]3)cc2)cc1. The highest BCUT2D eigenvalue weighted by molar-refractivity contribution is 5.82. The third-order valence-corrected chi connectivity index (χ3v) is 4.74. The van der Waals surface area contributed by atoms with Gasteiger partial charge in [-0.25, -0.2) is 4.98 Å². The van der Waals surface area contributed by atoms with Crippen LogP contribution in [0.1, 0.15) is 25.8 Å². The Hall–Kier alpha value is -3.40. The third-order valence-electron chi connectivity index (χ3n) is 4.74. The van der Waals surface area contributed by atoms with Gasteiger partial charge in [-0.05, 0) is 78.6 Å². The van der Waals surface area contributed by atoms with Crippen LogP contribution in [0.3, 0.4) is 0 Å². The lowest BCUT2D eigenvalue weighted by Gasteiger charge is -2.07. The number of rotatable bonds is 7. The first-order chi connectivity index (χ1) is 14.2. The lowest BCUT2D eigenvalue weighted by atomic mass is 10.1. The summed E-state index contributed by atoms with van der Waals surface area (Å²) < 4.78 is 5.76. The monoisotopic (exact) mass is 383 g/mol. The number of fused-ring (bicyclic) bond motifs is 1. The van der Waals surface area contributed by atoms with Gasteiger partial charge in [-0.1, -0.05) is 26.0 Å². The minimum absolute atomic E-state index is 0.652. The number of aromatic nitrogens is 2. The number of aromatic amines is 1. The van der Waals surface area contributed by atoms with Crippen LogP contribution in [0.4, 0.5) is 5.69 Å². The molecule has 1 aromatic heterocycles. The van der Waals surface area contributed by atoms with Crippen LogP contribution in [-0.4, -0.2) is 22.8 Å². The summed E-state index contributed by atoms with van der Waals surface area (Å²) in [5.41, 5.74) is 5.01. The summed E-state index contributed by atoms with van der Waals surface area (Å²) in [6, 6.07) is 24.2. The molecule has 0 bridgehead atoms. The van der Waals surface area contributed by atoms with E-state index in [0.717, 1.165) is 52.4 Å². The number of hydrogen-bond donors (Lipinski definition) is 1. The zero-order valence-corrected chi connectivity index (χ0v) is 16.8. The van der Waals surface area contributed by atoms with Crippen molar-refractivity contribution in [3.8, 4) is 17.1 Å². The fourth-order valence-electron chi connectivity index (χ4n) is 3.01. The van der Waals surface area contributed by atoms with E-state index in [1.54, 1.807) is 0 Å². The summed E-state index contributed by atoms with van der Waals surface area (Å²) in [5, 5.41) is 0. The van der Waals surface area contributed by atoms with E-state index in [-0.39, 0.29) is 0 Å². The molecule has 1 N–H and O–H groups in total. The van der Waals surface area contributed by atoms with Gasteiger partial charge in [-0.3, -0.25) is 4.99 Å². The normalized spacial score (nSPS) is 11.6.